The van der Waals surface area contributed by atoms with Crippen molar-refractivity contribution in [3.8, 4) is 0 Å². The molecule has 0 spiro atoms. The molecule has 1 aromatic heterocycles. The van der Waals surface area contributed by atoms with Gasteiger partial charge in [-0.1, -0.05) is 0 Å². The molecule has 0 radical (unpaired) electrons. The van der Waals surface area contributed by atoms with Crippen LogP contribution >= 0.6 is 0 Å². The molecule has 0 aliphatic heterocycles. The lowest BCUT2D eigenvalue weighted by molar-refractivity contribution is -0.108. The third-order valence-electron chi connectivity index (χ3n) is 1.91. The molecule has 1 N–H and O–H groups in total. The van der Waals surface area contributed by atoms with Gasteiger partial charge in [0.1, 0.15) is 17.6 Å². The van der Waals surface area contributed by atoms with Crippen LogP contribution in [0.3, 0.4) is 0 Å². The molecule has 1 atom stereocenters. The third-order valence-corrected chi connectivity index (χ3v) is 1.91. The van der Waals surface area contributed by atoms with Crippen LogP contribution in [0, 0.1) is 0 Å². The number of nitrogens with one attached hydrogen (secondary N) is 1. The maximum absolute atomic E-state index is 11.5. The van der Waals surface area contributed by atoms with Crippen LogP contribution < -0.4 is 5.32 Å². The fourth-order valence-corrected chi connectivity index (χ4v) is 1.28. The molecule has 0 aliphatic carbocycles. The number of rotatable bonds is 4. The summed E-state index contributed by atoms with van der Waals surface area (Å²) in [4.78, 5) is 22.1. The van der Waals surface area contributed by atoms with Gasteiger partial charge in [0, 0.05) is 6.42 Å². The standard InChI is InChI=1S/C12H17NO4/c1-12(2,3)17-11(15)13-9(6-7-14)10-5-4-8-16-10/h4-5,7-9H,6H2,1-3H3,(H,13,15)/t9-/m1/s1. The highest BCUT2D eigenvalue weighted by Gasteiger charge is 2.21. The molecule has 0 saturated heterocycles. The number of carbonyl (C=O) groups is 2. The topological polar surface area (TPSA) is 68.5 Å². The normalized spacial score (nSPS) is 12.9. The van der Waals surface area contributed by atoms with Crippen molar-refractivity contribution in [2.75, 3.05) is 0 Å². The summed E-state index contributed by atoms with van der Waals surface area (Å²) in [7, 11) is 0. The Labute approximate surface area is 100 Å². The lowest BCUT2D eigenvalue weighted by Crippen LogP contribution is -2.35. The summed E-state index contributed by atoms with van der Waals surface area (Å²) in [6.07, 6.45) is 1.79. The molecule has 0 aromatic carbocycles. The van der Waals surface area contributed by atoms with Crippen LogP contribution in [0.2, 0.25) is 0 Å². The monoisotopic (exact) mass is 239 g/mol. The second-order valence-electron chi connectivity index (χ2n) is 4.62. The van der Waals surface area contributed by atoms with E-state index in [1.165, 1.54) is 6.26 Å². The Morgan fingerprint density at radius 2 is 2.29 bits per heavy atom. The van der Waals surface area contributed by atoms with Crippen LogP contribution in [0.25, 0.3) is 0 Å². The van der Waals surface area contributed by atoms with E-state index in [0.717, 1.165) is 6.29 Å². The van der Waals surface area contributed by atoms with E-state index in [2.05, 4.69) is 5.32 Å². The van der Waals surface area contributed by atoms with Crippen LogP contribution in [-0.2, 0) is 9.53 Å². The van der Waals surface area contributed by atoms with Gasteiger partial charge in [-0.25, -0.2) is 4.79 Å². The second-order valence-corrected chi connectivity index (χ2v) is 4.62. The number of furan rings is 1. The van der Waals surface area contributed by atoms with Gasteiger partial charge in [0.25, 0.3) is 0 Å². The van der Waals surface area contributed by atoms with Crippen molar-refractivity contribution < 1.29 is 18.7 Å². The fraction of sp³-hybridized carbons (Fsp3) is 0.500. The molecule has 0 aliphatic rings. The van der Waals surface area contributed by atoms with Gasteiger partial charge in [-0.3, -0.25) is 0 Å². The van der Waals surface area contributed by atoms with Gasteiger partial charge in [0.05, 0.1) is 12.3 Å². The summed E-state index contributed by atoms with van der Waals surface area (Å²) in [5.41, 5.74) is -0.570. The van der Waals surface area contributed by atoms with Crippen molar-refractivity contribution in [1.82, 2.24) is 5.32 Å². The molecule has 5 nitrogen and oxygen atoms in total. The van der Waals surface area contributed by atoms with E-state index in [4.69, 9.17) is 9.15 Å². The van der Waals surface area contributed by atoms with Crippen LogP contribution in [0.4, 0.5) is 4.79 Å². The molecule has 0 saturated carbocycles. The highest BCUT2D eigenvalue weighted by molar-refractivity contribution is 5.69. The van der Waals surface area contributed by atoms with Crippen LogP contribution in [0.1, 0.15) is 39.0 Å². The predicted octanol–water partition coefficient (Wildman–Crippen LogP) is 2.43. The first-order valence-electron chi connectivity index (χ1n) is 5.39. The van der Waals surface area contributed by atoms with E-state index in [1.807, 2.05) is 0 Å². The van der Waals surface area contributed by atoms with E-state index in [1.54, 1.807) is 32.9 Å². The van der Waals surface area contributed by atoms with Crippen molar-refractivity contribution in [3.63, 3.8) is 0 Å². The summed E-state index contributed by atoms with van der Waals surface area (Å²) in [6, 6.07) is 2.91. The summed E-state index contributed by atoms with van der Waals surface area (Å²) < 4.78 is 10.3. The first-order chi connectivity index (χ1) is 7.92. The highest BCUT2D eigenvalue weighted by Crippen LogP contribution is 2.17. The molecule has 0 unspecified atom stereocenters. The quantitative estimate of drug-likeness (QED) is 0.819. The molecule has 1 amide bonds. The summed E-state index contributed by atoms with van der Waals surface area (Å²) >= 11 is 0. The molecule has 5 heteroatoms. The lowest BCUT2D eigenvalue weighted by Gasteiger charge is -2.22. The second kappa shape index (κ2) is 5.52. The molecule has 17 heavy (non-hydrogen) atoms. The number of hydrogen-bond donors (Lipinski definition) is 1. The van der Waals surface area contributed by atoms with Crippen molar-refractivity contribution in [2.24, 2.45) is 0 Å². The Kier molecular flexibility index (Phi) is 4.31. The van der Waals surface area contributed by atoms with Crippen molar-refractivity contribution in [1.29, 1.82) is 0 Å². The SMILES string of the molecule is CC(C)(C)OC(=O)N[C@H](CC=O)c1ccco1. The van der Waals surface area contributed by atoms with E-state index >= 15 is 0 Å². The fourth-order valence-electron chi connectivity index (χ4n) is 1.28. The van der Waals surface area contributed by atoms with Gasteiger partial charge in [-0.05, 0) is 32.9 Å². The molecular weight excluding hydrogens is 222 g/mol. The van der Waals surface area contributed by atoms with Crippen LogP contribution in [-0.4, -0.2) is 18.0 Å². The molecule has 0 bridgehead atoms. The highest BCUT2D eigenvalue weighted by atomic mass is 16.6. The maximum Gasteiger partial charge on any atom is 0.408 e. The van der Waals surface area contributed by atoms with E-state index < -0.39 is 17.7 Å². The van der Waals surface area contributed by atoms with Crippen molar-refractivity contribution in [2.45, 2.75) is 38.8 Å². The molecule has 1 aromatic rings. The molecular formula is C12H17NO4. The van der Waals surface area contributed by atoms with Crippen molar-refractivity contribution >= 4 is 12.4 Å². The Morgan fingerprint density at radius 3 is 2.76 bits per heavy atom. The van der Waals surface area contributed by atoms with Gasteiger partial charge >= 0.3 is 6.09 Å². The zero-order chi connectivity index (χ0) is 12.9. The van der Waals surface area contributed by atoms with E-state index in [-0.39, 0.29) is 6.42 Å². The predicted molar refractivity (Wildman–Crippen MR) is 61.5 cm³/mol. The summed E-state index contributed by atoms with van der Waals surface area (Å²) in [5, 5.41) is 2.59. The Bertz CT molecular complexity index is 364. The van der Waals surface area contributed by atoms with Crippen LogP contribution in [0.15, 0.2) is 22.8 Å². The molecule has 1 heterocycles. The number of hydrogen-bond acceptors (Lipinski definition) is 4. The average molecular weight is 239 g/mol. The number of carbonyl (C=O) groups excluding carboxylic acids is 2. The average Bonchev–Trinajstić information content (AvgIpc) is 2.66. The first-order valence-corrected chi connectivity index (χ1v) is 5.39. The number of aldehydes is 1. The van der Waals surface area contributed by atoms with Gasteiger partial charge in [-0.2, -0.15) is 0 Å². The summed E-state index contributed by atoms with van der Waals surface area (Å²) in [5.74, 6) is 0.531. The first kappa shape index (κ1) is 13.3. The Balaban J connectivity index is 2.62. The van der Waals surface area contributed by atoms with E-state index in [9.17, 15) is 9.59 Å². The minimum Gasteiger partial charge on any atom is -0.467 e. The molecule has 94 valence electrons. The lowest BCUT2D eigenvalue weighted by atomic mass is 10.1. The van der Waals surface area contributed by atoms with Gasteiger partial charge in [-0.15, -0.1) is 0 Å². The number of ether oxygens (including phenoxy) is 1. The maximum atomic E-state index is 11.5. The molecule has 0 fully saturated rings. The zero-order valence-corrected chi connectivity index (χ0v) is 10.2. The smallest absolute Gasteiger partial charge is 0.408 e. The largest absolute Gasteiger partial charge is 0.467 e. The summed E-state index contributed by atoms with van der Waals surface area (Å²) in [6.45, 7) is 5.32. The minimum atomic E-state index is -0.570. The third kappa shape index (κ3) is 4.72. The molecule has 1 rings (SSSR count). The zero-order valence-electron chi connectivity index (χ0n) is 10.2. The van der Waals surface area contributed by atoms with Gasteiger partial charge in [0.2, 0.25) is 0 Å². The van der Waals surface area contributed by atoms with E-state index in [0.29, 0.717) is 5.76 Å². The Morgan fingerprint density at radius 1 is 1.59 bits per heavy atom. The van der Waals surface area contributed by atoms with Crippen LogP contribution in [0.5, 0.6) is 0 Å². The van der Waals surface area contributed by atoms with Gasteiger partial charge < -0.3 is 19.3 Å². The number of alkyl carbamates (subject to hydrolysis) is 1. The Hall–Kier alpha value is -1.78. The van der Waals surface area contributed by atoms with Gasteiger partial charge in [0.15, 0.2) is 0 Å². The minimum absolute atomic E-state index is 0.146. The number of amides is 1. The van der Waals surface area contributed by atoms with Crippen molar-refractivity contribution in [3.05, 3.63) is 24.2 Å².